The molecule has 6 nitrogen and oxygen atoms in total. The van der Waals surface area contributed by atoms with Crippen molar-refractivity contribution in [1.29, 1.82) is 5.26 Å². The molecule has 0 aliphatic rings. The lowest BCUT2D eigenvalue weighted by Crippen LogP contribution is -2.02. The van der Waals surface area contributed by atoms with E-state index in [0.717, 1.165) is 79.0 Å². The molecule has 55 heavy (non-hydrogen) atoms. The van der Waals surface area contributed by atoms with E-state index in [-0.39, 0.29) is 0 Å². The molecule has 260 valence electrons. The number of nitriles is 1. The Kier molecular flexibility index (Phi) is 8.79. The van der Waals surface area contributed by atoms with E-state index in [1.54, 1.807) is 0 Å². The maximum Gasteiger partial charge on any atom is 0.164 e. The van der Waals surface area contributed by atoms with Crippen molar-refractivity contribution in [3.63, 3.8) is 0 Å². The SMILES string of the molecule is CCc1nc2ccccc2n1-c1ccccc1-c1cc(-c2ccc(C#N)cc2)cc(-c2ccccc2-c2nc(-c3ccccc3)nc(-c3ccccc3)n2)c1. The third-order valence-corrected chi connectivity index (χ3v) is 9.86. The van der Waals surface area contributed by atoms with Gasteiger partial charge in [-0.15, -0.1) is 0 Å². The monoisotopic (exact) mass is 706 g/mol. The van der Waals surface area contributed by atoms with Gasteiger partial charge in [-0.2, -0.15) is 5.26 Å². The molecule has 9 rings (SSSR count). The van der Waals surface area contributed by atoms with Crippen LogP contribution in [-0.2, 0) is 6.42 Å². The van der Waals surface area contributed by atoms with Crippen molar-refractivity contribution in [2.75, 3.05) is 0 Å². The van der Waals surface area contributed by atoms with Crippen LogP contribution in [0.4, 0.5) is 0 Å². The molecule has 0 spiro atoms. The average molecular weight is 707 g/mol. The molecule has 0 N–H and O–H groups in total. The summed E-state index contributed by atoms with van der Waals surface area (Å²) >= 11 is 0. The zero-order valence-corrected chi connectivity index (χ0v) is 30.1. The van der Waals surface area contributed by atoms with Crippen LogP contribution >= 0.6 is 0 Å². The predicted molar refractivity (Wildman–Crippen MR) is 221 cm³/mol. The van der Waals surface area contributed by atoms with E-state index in [1.807, 2.05) is 97.1 Å². The van der Waals surface area contributed by atoms with E-state index in [1.165, 1.54) is 0 Å². The molecule has 0 saturated heterocycles. The summed E-state index contributed by atoms with van der Waals surface area (Å²) in [5, 5.41) is 9.57. The molecular weight excluding hydrogens is 673 g/mol. The van der Waals surface area contributed by atoms with Crippen molar-refractivity contribution < 1.29 is 0 Å². The summed E-state index contributed by atoms with van der Waals surface area (Å²) in [6.45, 7) is 2.15. The van der Waals surface area contributed by atoms with Crippen LogP contribution in [0.2, 0.25) is 0 Å². The highest BCUT2D eigenvalue weighted by Gasteiger charge is 2.19. The minimum Gasteiger partial charge on any atom is -0.296 e. The highest BCUT2D eigenvalue weighted by Crippen LogP contribution is 2.39. The number of fused-ring (bicyclic) bond motifs is 1. The molecule has 2 heterocycles. The molecule has 2 aromatic heterocycles. The normalized spacial score (nSPS) is 11.1. The minimum absolute atomic E-state index is 0.589. The van der Waals surface area contributed by atoms with Gasteiger partial charge in [-0.05, 0) is 76.3 Å². The van der Waals surface area contributed by atoms with Crippen molar-refractivity contribution in [1.82, 2.24) is 24.5 Å². The third-order valence-electron chi connectivity index (χ3n) is 9.86. The molecule has 0 unspecified atom stereocenters. The average Bonchev–Trinajstić information content (AvgIpc) is 3.65. The highest BCUT2D eigenvalue weighted by atomic mass is 15.1. The molecule has 9 aromatic rings. The number of rotatable bonds is 8. The predicted octanol–water partition coefficient (Wildman–Crippen LogP) is 11.6. The van der Waals surface area contributed by atoms with E-state index < -0.39 is 0 Å². The fourth-order valence-corrected chi connectivity index (χ4v) is 7.20. The quantitative estimate of drug-likeness (QED) is 0.157. The molecule has 6 heteroatoms. The van der Waals surface area contributed by atoms with Gasteiger partial charge in [-0.25, -0.2) is 19.9 Å². The minimum atomic E-state index is 0.589. The molecule has 0 aliphatic heterocycles. The van der Waals surface area contributed by atoms with E-state index in [0.29, 0.717) is 23.0 Å². The van der Waals surface area contributed by atoms with Crippen molar-refractivity contribution >= 4 is 11.0 Å². The van der Waals surface area contributed by atoms with Gasteiger partial charge in [0.2, 0.25) is 0 Å². The summed E-state index contributed by atoms with van der Waals surface area (Å²) in [6.07, 6.45) is 0.787. The summed E-state index contributed by atoms with van der Waals surface area (Å²) in [5.74, 6) is 2.81. The summed E-state index contributed by atoms with van der Waals surface area (Å²) in [7, 11) is 0. The van der Waals surface area contributed by atoms with Crippen LogP contribution in [0.15, 0.2) is 176 Å². The zero-order chi connectivity index (χ0) is 37.1. The Balaban J connectivity index is 1.27. The van der Waals surface area contributed by atoms with Crippen molar-refractivity contribution in [2.45, 2.75) is 13.3 Å². The van der Waals surface area contributed by atoms with Crippen molar-refractivity contribution in [3.05, 3.63) is 187 Å². The van der Waals surface area contributed by atoms with Gasteiger partial charge in [-0.1, -0.05) is 134 Å². The Hall–Kier alpha value is -7.49. The first kappa shape index (κ1) is 33.4. The van der Waals surface area contributed by atoms with Crippen LogP contribution < -0.4 is 0 Å². The third kappa shape index (κ3) is 6.45. The first-order chi connectivity index (χ1) is 27.2. The topological polar surface area (TPSA) is 80.3 Å². The summed E-state index contributed by atoms with van der Waals surface area (Å²) in [6, 6.07) is 62.0. The number of hydrogen-bond donors (Lipinski definition) is 0. The largest absolute Gasteiger partial charge is 0.296 e. The van der Waals surface area contributed by atoms with Crippen LogP contribution in [0, 0.1) is 11.3 Å². The van der Waals surface area contributed by atoms with E-state index in [4.69, 9.17) is 19.9 Å². The summed E-state index contributed by atoms with van der Waals surface area (Å²) in [5.41, 5.74) is 12.6. The van der Waals surface area contributed by atoms with Crippen LogP contribution in [0.5, 0.6) is 0 Å². The standard InChI is InChI=1S/C49H34N6/c1-2-46-51-43-22-12-14-24-45(43)55(46)44-23-13-11-20-41(44)39-30-37(34-27-25-33(32-50)26-28-34)29-38(31-39)40-19-9-10-21-42(40)49-53-47(35-15-5-3-6-16-35)52-48(54-49)36-17-7-4-8-18-36/h3-31H,2H2,1H3. The lowest BCUT2D eigenvalue weighted by molar-refractivity contribution is 0.909. The molecule has 0 amide bonds. The number of imidazole rings is 1. The van der Waals surface area contributed by atoms with E-state index in [9.17, 15) is 5.26 Å². The van der Waals surface area contributed by atoms with Gasteiger partial charge in [0.05, 0.1) is 28.4 Å². The van der Waals surface area contributed by atoms with Gasteiger partial charge in [0.25, 0.3) is 0 Å². The zero-order valence-electron chi connectivity index (χ0n) is 30.1. The number of hydrogen-bond acceptors (Lipinski definition) is 5. The van der Waals surface area contributed by atoms with Gasteiger partial charge in [-0.3, -0.25) is 4.57 Å². The molecule has 0 fully saturated rings. The van der Waals surface area contributed by atoms with Crippen LogP contribution in [-0.4, -0.2) is 24.5 Å². The molecule has 7 aromatic carbocycles. The maximum atomic E-state index is 9.57. The summed E-state index contributed by atoms with van der Waals surface area (Å²) in [4.78, 5) is 20.1. The number of para-hydroxylation sites is 3. The second-order valence-corrected chi connectivity index (χ2v) is 13.3. The van der Waals surface area contributed by atoms with Crippen molar-refractivity contribution in [3.8, 4) is 79.3 Å². The van der Waals surface area contributed by atoms with E-state index in [2.05, 4.69) is 96.4 Å². The van der Waals surface area contributed by atoms with E-state index >= 15 is 0 Å². The first-order valence-electron chi connectivity index (χ1n) is 18.4. The van der Waals surface area contributed by atoms with Gasteiger partial charge in [0, 0.05) is 28.7 Å². The first-order valence-corrected chi connectivity index (χ1v) is 18.4. The molecule has 0 aliphatic carbocycles. The number of nitrogens with zero attached hydrogens (tertiary/aromatic N) is 6. The maximum absolute atomic E-state index is 9.57. The Labute approximate surface area is 319 Å². The molecular formula is C49H34N6. The van der Waals surface area contributed by atoms with Crippen molar-refractivity contribution in [2.24, 2.45) is 0 Å². The van der Waals surface area contributed by atoms with Gasteiger partial charge in [0.1, 0.15) is 5.82 Å². The Morgan fingerprint density at radius 3 is 1.64 bits per heavy atom. The van der Waals surface area contributed by atoms with Gasteiger partial charge < -0.3 is 0 Å². The Morgan fingerprint density at radius 2 is 0.982 bits per heavy atom. The smallest absolute Gasteiger partial charge is 0.164 e. The van der Waals surface area contributed by atoms with Gasteiger partial charge in [0.15, 0.2) is 17.5 Å². The lowest BCUT2D eigenvalue weighted by atomic mass is 9.90. The number of aryl methyl sites for hydroxylation is 1. The fraction of sp³-hybridized carbons (Fsp3) is 0.0408. The fourth-order valence-electron chi connectivity index (χ4n) is 7.20. The molecule has 0 bridgehead atoms. The highest BCUT2D eigenvalue weighted by molar-refractivity contribution is 5.90. The summed E-state index contributed by atoms with van der Waals surface area (Å²) < 4.78 is 2.29. The Bertz CT molecular complexity index is 2790. The van der Waals surface area contributed by atoms with Gasteiger partial charge >= 0.3 is 0 Å². The second kappa shape index (κ2) is 14.5. The number of aromatic nitrogens is 5. The Morgan fingerprint density at radius 1 is 0.455 bits per heavy atom. The second-order valence-electron chi connectivity index (χ2n) is 13.3. The lowest BCUT2D eigenvalue weighted by Gasteiger charge is -2.18. The molecule has 0 atom stereocenters. The molecule has 0 radical (unpaired) electrons. The van der Waals surface area contributed by atoms with Crippen LogP contribution in [0.1, 0.15) is 18.3 Å². The van der Waals surface area contributed by atoms with Crippen LogP contribution in [0.25, 0.3) is 84.3 Å². The van der Waals surface area contributed by atoms with Crippen LogP contribution in [0.3, 0.4) is 0 Å². The molecule has 0 saturated carbocycles. The number of benzene rings is 7.